The predicted octanol–water partition coefficient (Wildman–Crippen LogP) is 3.71. The molecule has 0 spiro atoms. The second kappa shape index (κ2) is 7.74. The third-order valence-electron chi connectivity index (χ3n) is 2.70. The van der Waals surface area contributed by atoms with Crippen LogP contribution in [-0.2, 0) is 11.4 Å². The lowest BCUT2D eigenvalue weighted by Gasteiger charge is -2.03. The van der Waals surface area contributed by atoms with Gasteiger partial charge in [-0.15, -0.1) is 0 Å². The second-order valence-electron chi connectivity index (χ2n) is 4.26. The van der Waals surface area contributed by atoms with Crippen LogP contribution in [0.4, 0.5) is 8.78 Å². The lowest BCUT2D eigenvalue weighted by atomic mass is 10.2. The first-order chi connectivity index (χ1) is 10.7. The number of alkyl halides is 2. The summed E-state index contributed by atoms with van der Waals surface area (Å²) in [5.74, 6) is 0.0886. The number of benzene rings is 2. The number of halogens is 2. The van der Waals surface area contributed by atoms with Gasteiger partial charge in [0.25, 0.3) is 0 Å². The maximum absolute atomic E-state index is 12.0. The molecule has 0 amide bonds. The van der Waals surface area contributed by atoms with Gasteiger partial charge in [-0.1, -0.05) is 17.3 Å². The summed E-state index contributed by atoms with van der Waals surface area (Å²) in [6, 6.07) is 15.0. The molecule has 0 radical (unpaired) electrons. The van der Waals surface area contributed by atoms with E-state index in [9.17, 15) is 8.78 Å². The van der Waals surface area contributed by atoms with Crippen molar-refractivity contribution < 1.29 is 18.4 Å². The highest BCUT2D eigenvalue weighted by atomic mass is 19.3. The van der Waals surface area contributed by atoms with Crippen molar-refractivity contribution in [2.24, 2.45) is 5.16 Å². The maximum Gasteiger partial charge on any atom is 0.387 e. The van der Waals surface area contributed by atoms with E-state index in [0.717, 1.165) is 5.56 Å². The molecular formula is C16H12F2N2O2. The zero-order valence-electron chi connectivity index (χ0n) is 11.4. The fraction of sp³-hybridized carbons (Fsp3) is 0.125. The average Bonchev–Trinajstić information content (AvgIpc) is 2.53. The monoisotopic (exact) mass is 302 g/mol. The first kappa shape index (κ1) is 15.4. The molecule has 0 atom stereocenters. The van der Waals surface area contributed by atoms with Crippen molar-refractivity contribution in [3.05, 3.63) is 65.2 Å². The van der Waals surface area contributed by atoms with Crippen LogP contribution in [0.25, 0.3) is 0 Å². The Kier molecular flexibility index (Phi) is 5.44. The van der Waals surface area contributed by atoms with Gasteiger partial charge in [0.05, 0.1) is 17.8 Å². The largest absolute Gasteiger partial charge is 0.435 e. The van der Waals surface area contributed by atoms with Crippen molar-refractivity contribution in [3.63, 3.8) is 0 Å². The summed E-state index contributed by atoms with van der Waals surface area (Å²) >= 11 is 0. The van der Waals surface area contributed by atoms with Crippen molar-refractivity contribution in [2.45, 2.75) is 13.2 Å². The van der Waals surface area contributed by atoms with Gasteiger partial charge >= 0.3 is 6.61 Å². The van der Waals surface area contributed by atoms with E-state index >= 15 is 0 Å². The van der Waals surface area contributed by atoms with Crippen LogP contribution in [0.15, 0.2) is 53.7 Å². The first-order valence-electron chi connectivity index (χ1n) is 6.36. The van der Waals surface area contributed by atoms with Crippen LogP contribution in [-0.4, -0.2) is 12.8 Å². The molecule has 2 aromatic rings. The molecule has 0 saturated carbocycles. The number of rotatable bonds is 6. The van der Waals surface area contributed by atoms with E-state index in [0.29, 0.717) is 11.1 Å². The molecule has 0 aliphatic rings. The zero-order chi connectivity index (χ0) is 15.8. The van der Waals surface area contributed by atoms with Gasteiger partial charge in [0.2, 0.25) is 0 Å². The fourth-order valence-corrected chi connectivity index (χ4v) is 1.62. The highest BCUT2D eigenvalue weighted by Gasteiger charge is 2.02. The number of nitrogens with zero attached hydrogens (tertiary/aromatic N) is 2. The number of oxime groups is 1. The number of ether oxygens (including phenoxy) is 1. The summed E-state index contributed by atoms with van der Waals surface area (Å²) in [5, 5.41) is 12.5. The molecule has 0 heterocycles. The van der Waals surface area contributed by atoms with Crippen LogP contribution in [0.5, 0.6) is 5.75 Å². The molecule has 0 unspecified atom stereocenters. The summed E-state index contributed by atoms with van der Waals surface area (Å²) in [6.45, 7) is -2.57. The Bertz CT molecular complexity index is 662. The average molecular weight is 302 g/mol. The summed E-state index contributed by atoms with van der Waals surface area (Å²) in [7, 11) is 0. The smallest absolute Gasteiger partial charge is 0.387 e. The van der Waals surface area contributed by atoms with Crippen molar-refractivity contribution in [2.75, 3.05) is 0 Å². The summed E-state index contributed by atoms with van der Waals surface area (Å²) in [4.78, 5) is 5.13. The summed E-state index contributed by atoms with van der Waals surface area (Å²) in [6.07, 6.45) is 1.47. The van der Waals surface area contributed by atoms with Gasteiger partial charge in [0, 0.05) is 0 Å². The molecule has 4 nitrogen and oxygen atoms in total. The van der Waals surface area contributed by atoms with E-state index in [2.05, 4.69) is 9.89 Å². The number of nitriles is 1. The van der Waals surface area contributed by atoms with Gasteiger partial charge in [0.15, 0.2) is 0 Å². The fourth-order valence-electron chi connectivity index (χ4n) is 1.62. The van der Waals surface area contributed by atoms with E-state index in [1.54, 1.807) is 36.4 Å². The van der Waals surface area contributed by atoms with Crippen molar-refractivity contribution in [1.82, 2.24) is 0 Å². The minimum Gasteiger partial charge on any atom is -0.435 e. The normalized spacial score (nSPS) is 10.6. The molecule has 0 saturated heterocycles. The second-order valence-corrected chi connectivity index (χ2v) is 4.26. The van der Waals surface area contributed by atoms with Crippen molar-refractivity contribution in [1.29, 1.82) is 5.26 Å². The Labute approximate surface area is 126 Å². The van der Waals surface area contributed by atoms with E-state index < -0.39 is 6.61 Å². The topological polar surface area (TPSA) is 54.6 Å². The van der Waals surface area contributed by atoms with Crippen molar-refractivity contribution >= 4 is 6.21 Å². The van der Waals surface area contributed by atoms with Gasteiger partial charge in [-0.3, -0.25) is 0 Å². The van der Waals surface area contributed by atoms with E-state index in [-0.39, 0.29) is 12.4 Å². The molecule has 22 heavy (non-hydrogen) atoms. The minimum atomic E-state index is -2.84. The van der Waals surface area contributed by atoms with E-state index in [4.69, 9.17) is 10.1 Å². The lowest BCUT2D eigenvalue weighted by Crippen LogP contribution is -2.01. The van der Waals surface area contributed by atoms with Gasteiger partial charge < -0.3 is 9.57 Å². The first-order valence-corrected chi connectivity index (χ1v) is 6.36. The molecule has 112 valence electrons. The Morgan fingerprint density at radius 1 is 1.09 bits per heavy atom. The molecule has 0 N–H and O–H groups in total. The van der Waals surface area contributed by atoms with Crippen molar-refractivity contribution in [3.8, 4) is 11.8 Å². The molecule has 6 heteroatoms. The van der Waals surface area contributed by atoms with E-state index in [1.165, 1.54) is 18.3 Å². The summed E-state index contributed by atoms with van der Waals surface area (Å²) in [5.41, 5.74) is 2.16. The van der Waals surface area contributed by atoms with Gasteiger partial charge in [-0.2, -0.15) is 14.0 Å². The van der Waals surface area contributed by atoms with Crippen LogP contribution >= 0.6 is 0 Å². The standard InChI is InChI=1S/C16H12F2N2O2/c17-16(18)22-15-7-5-13(6-8-15)10-20-21-11-14-3-1-12(9-19)2-4-14/h1-8,10,16H,11H2/b20-10-. The lowest BCUT2D eigenvalue weighted by molar-refractivity contribution is -0.0498. The quantitative estimate of drug-likeness (QED) is 0.604. The van der Waals surface area contributed by atoms with E-state index in [1.807, 2.05) is 6.07 Å². The van der Waals surface area contributed by atoms with Crippen LogP contribution in [0.3, 0.4) is 0 Å². The van der Waals surface area contributed by atoms with Crippen LogP contribution in [0.1, 0.15) is 16.7 Å². The highest BCUT2D eigenvalue weighted by molar-refractivity contribution is 5.79. The third-order valence-corrected chi connectivity index (χ3v) is 2.70. The van der Waals surface area contributed by atoms with Gasteiger partial charge in [-0.25, -0.2) is 0 Å². The van der Waals surface area contributed by atoms with Gasteiger partial charge in [0.1, 0.15) is 12.4 Å². The molecule has 0 aliphatic carbocycles. The van der Waals surface area contributed by atoms with Crippen LogP contribution in [0, 0.1) is 11.3 Å². The Hall–Kier alpha value is -2.94. The molecule has 2 aromatic carbocycles. The number of hydrogen-bond acceptors (Lipinski definition) is 4. The third kappa shape index (κ3) is 4.87. The highest BCUT2D eigenvalue weighted by Crippen LogP contribution is 2.14. The minimum absolute atomic E-state index is 0.0886. The molecule has 0 aliphatic heterocycles. The molecule has 2 rings (SSSR count). The predicted molar refractivity (Wildman–Crippen MR) is 76.6 cm³/mol. The van der Waals surface area contributed by atoms with Crippen LogP contribution < -0.4 is 4.74 Å². The molecule has 0 fully saturated rings. The maximum atomic E-state index is 12.0. The SMILES string of the molecule is N#Cc1ccc(CO/N=C\c2ccc(OC(F)F)cc2)cc1. The number of hydrogen-bond donors (Lipinski definition) is 0. The Balaban J connectivity index is 1.83. The molecule has 0 bridgehead atoms. The molecule has 0 aromatic heterocycles. The summed E-state index contributed by atoms with van der Waals surface area (Å²) < 4.78 is 28.2. The Morgan fingerprint density at radius 3 is 2.36 bits per heavy atom. The zero-order valence-corrected chi connectivity index (χ0v) is 11.4. The van der Waals surface area contributed by atoms with Gasteiger partial charge in [-0.05, 0) is 47.5 Å². The molecular weight excluding hydrogens is 290 g/mol. The Morgan fingerprint density at radius 2 is 1.77 bits per heavy atom. The van der Waals surface area contributed by atoms with Crippen LogP contribution in [0.2, 0.25) is 0 Å².